The van der Waals surface area contributed by atoms with Gasteiger partial charge in [-0.1, -0.05) is 12.1 Å². The van der Waals surface area contributed by atoms with E-state index in [1.165, 1.54) is 0 Å². The summed E-state index contributed by atoms with van der Waals surface area (Å²) in [4.78, 5) is 0. The molecule has 8 heteroatoms. The maximum Gasteiger partial charge on any atom is 0.177 e. The molecule has 2 N–H and O–H groups in total. The van der Waals surface area contributed by atoms with Gasteiger partial charge in [0.05, 0.1) is 32.1 Å². The molecule has 2 heterocycles. The smallest absolute Gasteiger partial charge is 0.177 e. The molecular weight excluding hydrogens is 358 g/mol. The molecule has 0 radical (unpaired) electrons. The van der Waals surface area contributed by atoms with Gasteiger partial charge in [-0.3, -0.25) is 4.68 Å². The van der Waals surface area contributed by atoms with E-state index in [1.807, 2.05) is 55.1 Å². The average molecular weight is 385 g/mol. The van der Waals surface area contributed by atoms with Gasteiger partial charge in [0.25, 0.3) is 0 Å². The summed E-state index contributed by atoms with van der Waals surface area (Å²) in [6, 6.07) is 9.76. The lowest BCUT2D eigenvalue weighted by Gasteiger charge is -2.17. The van der Waals surface area contributed by atoms with Crippen LogP contribution in [-0.4, -0.2) is 46.2 Å². The fourth-order valence-corrected chi connectivity index (χ4v) is 2.89. The first-order chi connectivity index (χ1) is 13.6. The molecule has 28 heavy (non-hydrogen) atoms. The Morgan fingerprint density at radius 2 is 1.82 bits per heavy atom. The van der Waals surface area contributed by atoms with Gasteiger partial charge in [-0.25, -0.2) is 4.68 Å². The molecule has 0 saturated heterocycles. The first-order valence-corrected chi connectivity index (χ1v) is 9.35. The Hall–Kier alpha value is -2.84. The number of rotatable bonds is 10. The molecule has 0 aliphatic rings. The molecule has 0 aliphatic heterocycles. The first-order valence-electron chi connectivity index (χ1n) is 9.35. The minimum atomic E-state index is -0.372. The summed E-state index contributed by atoms with van der Waals surface area (Å²) in [6.45, 7) is 6.10. The van der Waals surface area contributed by atoms with Gasteiger partial charge in [-0.05, 0) is 31.5 Å². The zero-order chi connectivity index (χ0) is 19.9. The van der Waals surface area contributed by atoms with Crippen LogP contribution in [0.15, 0.2) is 42.7 Å². The van der Waals surface area contributed by atoms with Crippen LogP contribution in [0.5, 0.6) is 5.75 Å². The summed E-state index contributed by atoms with van der Waals surface area (Å²) in [5.41, 5.74) is 8.94. The van der Waals surface area contributed by atoms with Crippen molar-refractivity contribution < 1.29 is 14.2 Å². The molecule has 0 amide bonds. The Bertz CT molecular complexity index is 866. The van der Waals surface area contributed by atoms with E-state index in [2.05, 4.69) is 10.2 Å². The van der Waals surface area contributed by atoms with Crippen LogP contribution in [0.25, 0.3) is 11.3 Å². The van der Waals surface area contributed by atoms with E-state index in [-0.39, 0.29) is 6.29 Å². The van der Waals surface area contributed by atoms with Crippen molar-refractivity contribution in [3.63, 3.8) is 0 Å². The molecule has 0 atom stereocenters. The third-order valence-electron chi connectivity index (χ3n) is 4.27. The predicted molar refractivity (Wildman–Crippen MR) is 107 cm³/mol. The van der Waals surface area contributed by atoms with Crippen molar-refractivity contribution >= 4 is 5.82 Å². The minimum Gasteiger partial charge on any atom is -0.497 e. The van der Waals surface area contributed by atoms with Crippen molar-refractivity contribution in [2.75, 3.05) is 26.1 Å². The number of hydrogen-bond donors (Lipinski definition) is 1. The van der Waals surface area contributed by atoms with Crippen LogP contribution in [0.3, 0.4) is 0 Å². The monoisotopic (exact) mass is 385 g/mol. The molecule has 0 unspecified atom stereocenters. The standard InChI is InChI=1S/C20H27N5O3/c1-4-27-20(28-5-2)14-25-19(21)10-18(23-25)16-11-22-24(13-16)12-15-6-8-17(26-3)9-7-15/h6-11,13,20H,4-5,12,14,21H2,1-3H3. The number of nitrogens with zero attached hydrogens (tertiary/aromatic N) is 4. The highest BCUT2D eigenvalue weighted by Gasteiger charge is 2.15. The summed E-state index contributed by atoms with van der Waals surface area (Å²) in [5.74, 6) is 1.39. The second-order valence-electron chi connectivity index (χ2n) is 6.25. The van der Waals surface area contributed by atoms with Crippen LogP contribution >= 0.6 is 0 Å². The van der Waals surface area contributed by atoms with E-state index >= 15 is 0 Å². The maximum atomic E-state index is 6.13. The molecule has 3 rings (SSSR count). The van der Waals surface area contributed by atoms with E-state index in [9.17, 15) is 0 Å². The van der Waals surface area contributed by atoms with E-state index in [0.717, 1.165) is 22.6 Å². The normalized spacial score (nSPS) is 11.3. The molecular formula is C20H27N5O3. The van der Waals surface area contributed by atoms with Gasteiger partial charge < -0.3 is 19.9 Å². The number of nitrogen functional groups attached to an aromatic ring is 1. The second-order valence-corrected chi connectivity index (χ2v) is 6.25. The summed E-state index contributed by atoms with van der Waals surface area (Å²) in [7, 11) is 1.66. The average Bonchev–Trinajstić information content (AvgIpc) is 3.30. The predicted octanol–water partition coefficient (Wildman–Crippen LogP) is 2.78. The molecule has 0 saturated carbocycles. The number of methoxy groups -OCH3 is 1. The van der Waals surface area contributed by atoms with Crippen molar-refractivity contribution in [3.05, 3.63) is 48.3 Å². The molecule has 1 aromatic carbocycles. The lowest BCUT2D eigenvalue weighted by molar-refractivity contribution is -0.144. The summed E-state index contributed by atoms with van der Waals surface area (Å²) in [5, 5.41) is 9.02. The Labute approximate surface area is 164 Å². The van der Waals surface area contributed by atoms with E-state index in [4.69, 9.17) is 19.9 Å². The topological polar surface area (TPSA) is 89.3 Å². The SMILES string of the molecule is CCOC(Cn1nc(-c2cnn(Cc3ccc(OC)cc3)c2)cc1N)OCC. The van der Waals surface area contributed by atoms with Crippen molar-refractivity contribution in [2.24, 2.45) is 0 Å². The van der Waals surface area contributed by atoms with Crippen LogP contribution in [0, 0.1) is 0 Å². The van der Waals surface area contributed by atoms with Crippen LogP contribution in [-0.2, 0) is 22.6 Å². The highest BCUT2D eigenvalue weighted by molar-refractivity contribution is 5.60. The molecule has 0 bridgehead atoms. The third kappa shape index (κ3) is 4.90. The number of hydrogen-bond acceptors (Lipinski definition) is 6. The molecule has 8 nitrogen and oxygen atoms in total. The van der Waals surface area contributed by atoms with E-state index < -0.39 is 0 Å². The van der Waals surface area contributed by atoms with E-state index in [1.54, 1.807) is 18.0 Å². The molecule has 3 aromatic rings. The van der Waals surface area contributed by atoms with Crippen molar-refractivity contribution in [3.8, 4) is 17.0 Å². The second kappa shape index (κ2) is 9.38. The first kappa shape index (κ1) is 19.9. The Morgan fingerprint density at radius 3 is 2.46 bits per heavy atom. The van der Waals surface area contributed by atoms with Gasteiger partial charge in [0, 0.05) is 31.0 Å². The fourth-order valence-electron chi connectivity index (χ4n) is 2.89. The van der Waals surface area contributed by atoms with Crippen molar-refractivity contribution in [2.45, 2.75) is 33.2 Å². The molecule has 0 aliphatic carbocycles. The maximum absolute atomic E-state index is 6.13. The number of benzene rings is 1. The number of anilines is 1. The van der Waals surface area contributed by atoms with Gasteiger partial charge >= 0.3 is 0 Å². The molecule has 150 valence electrons. The Balaban J connectivity index is 1.70. The number of aromatic nitrogens is 4. The quantitative estimate of drug-likeness (QED) is 0.540. The molecule has 2 aromatic heterocycles. The van der Waals surface area contributed by atoms with Crippen molar-refractivity contribution in [1.82, 2.24) is 19.6 Å². The van der Waals surface area contributed by atoms with Crippen LogP contribution < -0.4 is 10.5 Å². The van der Waals surface area contributed by atoms with Gasteiger partial charge in [-0.15, -0.1) is 0 Å². The molecule has 0 fully saturated rings. The zero-order valence-electron chi connectivity index (χ0n) is 16.5. The van der Waals surface area contributed by atoms with E-state index in [0.29, 0.717) is 32.1 Å². The van der Waals surface area contributed by atoms with Gasteiger partial charge in [0.1, 0.15) is 11.6 Å². The summed E-state index contributed by atoms with van der Waals surface area (Å²) >= 11 is 0. The van der Waals surface area contributed by atoms with Gasteiger partial charge in [0.15, 0.2) is 6.29 Å². The zero-order valence-corrected chi connectivity index (χ0v) is 16.5. The highest BCUT2D eigenvalue weighted by atomic mass is 16.7. The lowest BCUT2D eigenvalue weighted by Crippen LogP contribution is -2.25. The molecule has 0 spiro atoms. The minimum absolute atomic E-state index is 0.372. The van der Waals surface area contributed by atoms with Crippen LogP contribution in [0.1, 0.15) is 19.4 Å². The Kier molecular flexibility index (Phi) is 6.67. The number of nitrogens with two attached hydrogens (primary N) is 1. The largest absolute Gasteiger partial charge is 0.497 e. The Morgan fingerprint density at radius 1 is 1.11 bits per heavy atom. The number of ether oxygens (including phenoxy) is 3. The summed E-state index contributed by atoms with van der Waals surface area (Å²) < 4.78 is 19.9. The van der Waals surface area contributed by atoms with Crippen LogP contribution in [0.2, 0.25) is 0 Å². The third-order valence-corrected chi connectivity index (χ3v) is 4.27. The van der Waals surface area contributed by atoms with Crippen molar-refractivity contribution in [1.29, 1.82) is 0 Å². The van der Waals surface area contributed by atoms with Gasteiger partial charge in [-0.2, -0.15) is 10.2 Å². The highest BCUT2D eigenvalue weighted by Crippen LogP contribution is 2.21. The fraction of sp³-hybridized carbons (Fsp3) is 0.400. The lowest BCUT2D eigenvalue weighted by atomic mass is 10.2. The van der Waals surface area contributed by atoms with Crippen LogP contribution in [0.4, 0.5) is 5.82 Å². The summed E-state index contributed by atoms with van der Waals surface area (Å²) in [6.07, 6.45) is 3.37. The van der Waals surface area contributed by atoms with Gasteiger partial charge in [0.2, 0.25) is 0 Å².